The van der Waals surface area contributed by atoms with E-state index in [0.717, 1.165) is 31.6 Å². The first-order valence-corrected chi connectivity index (χ1v) is 6.88. The van der Waals surface area contributed by atoms with Crippen molar-refractivity contribution in [2.45, 2.75) is 52.4 Å². The molecule has 1 fully saturated rings. The highest BCUT2D eigenvalue weighted by atomic mass is 16.1. The lowest BCUT2D eigenvalue weighted by Crippen LogP contribution is -2.24. The van der Waals surface area contributed by atoms with Gasteiger partial charge in [-0.05, 0) is 49.9 Å². The number of allylic oxidation sites excluding steroid dienone is 2. The van der Waals surface area contributed by atoms with Gasteiger partial charge < -0.3 is 0 Å². The molecule has 0 saturated heterocycles. The van der Waals surface area contributed by atoms with Crippen LogP contribution in [-0.4, -0.2) is 5.78 Å². The van der Waals surface area contributed by atoms with Crippen molar-refractivity contribution in [1.29, 1.82) is 0 Å². The molecule has 4 atom stereocenters. The van der Waals surface area contributed by atoms with Gasteiger partial charge in [-0.2, -0.15) is 0 Å². The first-order chi connectivity index (χ1) is 7.68. The van der Waals surface area contributed by atoms with Crippen molar-refractivity contribution in [3.8, 4) is 0 Å². The van der Waals surface area contributed by atoms with E-state index >= 15 is 0 Å². The lowest BCUT2D eigenvalue weighted by atomic mass is 9.74. The number of carbonyl (C=O) groups excluding carboxylic acids is 1. The summed E-state index contributed by atoms with van der Waals surface area (Å²) in [5.74, 6) is 3.16. The van der Waals surface area contributed by atoms with Crippen molar-refractivity contribution in [3.05, 3.63) is 12.2 Å². The van der Waals surface area contributed by atoms with Gasteiger partial charge in [-0.1, -0.05) is 26.0 Å². The Bertz CT molecular complexity index is 279. The minimum atomic E-state index is 0.396. The molecule has 0 amide bonds. The van der Waals surface area contributed by atoms with E-state index in [-0.39, 0.29) is 0 Å². The highest BCUT2D eigenvalue weighted by Gasteiger charge is 2.30. The van der Waals surface area contributed by atoms with Crippen LogP contribution in [0.15, 0.2) is 12.2 Å². The minimum absolute atomic E-state index is 0.396. The van der Waals surface area contributed by atoms with Crippen LogP contribution < -0.4 is 0 Å². The molecule has 0 spiro atoms. The smallest absolute Gasteiger partial charge is 0.135 e. The average Bonchev–Trinajstić information content (AvgIpc) is 2.65. The maximum Gasteiger partial charge on any atom is 0.135 e. The molecule has 0 aromatic rings. The largest absolute Gasteiger partial charge is 0.299 e. The predicted octanol–water partition coefficient (Wildman–Crippen LogP) is 3.98. The van der Waals surface area contributed by atoms with Crippen LogP contribution in [-0.2, 0) is 4.79 Å². The number of rotatable bonds is 3. The van der Waals surface area contributed by atoms with E-state index in [1.807, 2.05) is 0 Å². The molecular formula is C15H24O. The van der Waals surface area contributed by atoms with Gasteiger partial charge in [-0.25, -0.2) is 0 Å². The first kappa shape index (κ1) is 11.9. The second-order valence-corrected chi connectivity index (χ2v) is 5.80. The van der Waals surface area contributed by atoms with Crippen LogP contribution in [0.3, 0.4) is 0 Å². The van der Waals surface area contributed by atoms with Crippen LogP contribution in [0, 0.1) is 23.7 Å². The summed E-state index contributed by atoms with van der Waals surface area (Å²) >= 11 is 0. The summed E-state index contributed by atoms with van der Waals surface area (Å²) in [5, 5.41) is 0. The Kier molecular flexibility index (Phi) is 3.83. The molecule has 4 unspecified atom stereocenters. The van der Waals surface area contributed by atoms with Gasteiger partial charge in [0.05, 0.1) is 0 Å². The number of Topliss-reactive ketones (excluding diaryl/α,β-unsaturated/α-hetero) is 1. The van der Waals surface area contributed by atoms with Crippen LogP contribution >= 0.6 is 0 Å². The van der Waals surface area contributed by atoms with Gasteiger partial charge in [0.15, 0.2) is 0 Å². The van der Waals surface area contributed by atoms with Crippen LogP contribution in [0.25, 0.3) is 0 Å². The molecule has 1 saturated carbocycles. The summed E-state index contributed by atoms with van der Waals surface area (Å²) < 4.78 is 0. The topological polar surface area (TPSA) is 17.1 Å². The fourth-order valence-electron chi connectivity index (χ4n) is 3.57. The quantitative estimate of drug-likeness (QED) is 0.657. The lowest BCUT2D eigenvalue weighted by molar-refractivity contribution is -0.121. The maximum absolute atomic E-state index is 11.7. The van der Waals surface area contributed by atoms with E-state index in [1.54, 1.807) is 0 Å². The van der Waals surface area contributed by atoms with Crippen molar-refractivity contribution in [2.75, 3.05) is 0 Å². The molecule has 0 aromatic carbocycles. The average molecular weight is 220 g/mol. The number of hydrogen-bond donors (Lipinski definition) is 0. The van der Waals surface area contributed by atoms with Crippen LogP contribution in [0.1, 0.15) is 52.4 Å². The standard InChI is InChI=1S/C15H24O/c1-11-6-3-4-8-14(11)12(2)10-13-7-5-9-15(13)16/h3,6,11-14H,4-5,7-10H2,1-2H3. The molecule has 16 heavy (non-hydrogen) atoms. The molecule has 0 aromatic heterocycles. The van der Waals surface area contributed by atoms with Gasteiger partial charge in [0, 0.05) is 12.3 Å². The number of ketones is 1. The molecule has 2 aliphatic carbocycles. The van der Waals surface area contributed by atoms with E-state index < -0.39 is 0 Å². The van der Waals surface area contributed by atoms with Crippen LogP contribution in [0.2, 0.25) is 0 Å². The molecule has 1 nitrogen and oxygen atoms in total. The highest BCUT2D eigenvalue weighted by Crippen LogP contribution is 2.37. The fraction of sp³-hybridized carbons (Fsp3) is 0.800. The van der Waals surface area contributed by atoms with Crippen molar-refractivity contribution < 1.29 is 4.79 Å². The monoisotopic (exact) mass is 220 g/mol. The van der Waals surface area contributed by atoms with E-state index in [0.29, 0.717) is 23.5 Å². The lowest BCUT2D eigenvalue weighted by Gasteiger charge is -2.31. The van der Waals surface area contributed by atoms with Gasteiger partial charge in [0.2, 0.25) is 0 Å². The van der Waals surface area contributed by atoms with Crippen LogP contribution in [0.5, 0.6) is 0 Å². The third-order valence-electron chi connectivity index (χ3n) is 4.60. The molecule has 0 heterocycles. The van der Waals surface area contributed by atoms with Crippen molar-refractivity contribution in [3.63, 3.8) is 0 Å². The molecule has 2 rings (SSSR count). The maximum atomic E-state index is 11.7. The Hall–Kier alpha value is -0.590. The van der Waals surface area contributed by atoms with Crippen molar-refractivity contribution in [2.24, 2.45) is 23.7 Å². The Morgan fingerprint density at radius 2 is 2.25 bits per heavy atom. The predicted molar refractivity (Wildman–Crippen MR) is 67.2 cm³/mol. The fourth-order valence-corrected chi connectivity index (χ4v) is 3.57. The zero-order valence-corrected chi connectivity index (χ0v) is 10.6. The molecular weight excluding hydrogens is 196 g/mol. The zero-order chi connectivity index (χ0) is 11.5. The summed E-state index contributed by atoms with van der Waals surface area (Å²) in [6.45, 7) is 4.68. The molecule has 0 aliphatic heterocycles. The third kappa shape index (κ3) is 2.56. The summed E-state index contributed by atoms with van der Waals surface area (Å²) in [6.07, 6.45) is 11.5. The van der Waals surface area contributed by atoms with E-state index in [2.05, 4.69) is 26.0 Å². The minimum Gasteiger partial charge on any atom is -0.299 e. The Labute approximate surface area is 99.3 Å². The highest BCUT2D eigenvalue weighted by molar-refractivity contribution is 5.82. The molecule has 0 radical (unpaired) electrons. The zero-order valence-electron chi connectivity index (χ0n) is 10.6. The number of carbonyl (C=O) groups is 1. The summed E-state index contributed by atoms with van der Waals surface area (Å²) in [4.78, 5) is 11.7. The molecule has 90 valence electrons. The Balaban J connectivity index is 1.89. The second kappa shape index (κ2) is 5.16. The van der Waals surface area contributed by atoms with Gasteiger partial charge in [0.25, 0.3) is 0 Å². The summed E-state index contributed by atoms with van der Waals surface area (Å²) in [7, 11) is 0. The second-order valence-electron chi connectivity index (χ2n) is 5.80. The number of hydrogen-bond acceptors (Lipinski definition) is 1. The normalized spacial score (nSPS) is 36.6. The van der Waals surface area contributed by atoms with Crippen molar-refractivity contribution in [1.82, 2.24) is 0 Å². The van der Waals surface area contributed by atoms with E-state index in [9.17, 15) is 4.79 Å². The van der Waals surface area contributed by atoms with Gasteiger partial charge in [-0.3, -0.25) is 4.79 Å². The molecule has 1 heteroatoms. The summed E-state index contributed by atoms with van der Waals surface area (Å²) in [6, 6.07) is 0. The molecule has 0 N–H and O–H groups in total. The van der Waals surface area contributed by atoms with E-state index in [1.165, 1.54) is 12.8 Å². The van der Waals surface area contributed by atoms with Crippen molar-refractivity contribution >= 4 is 5.78 Å². The summed E-state index contributed by atoms with van der Waals surface area (Å²) in [5.41, 5.74) is 0. The van der Waals surface area contributed by atoms with Gasteiger partial charge in [0.1, 0.15) is 5.78 Å². The van der Waals surface area contributed by atoms with Gasteiger partial charge in [-0.15, -0.1) is 0 Å². The third-order valence-corrected chi connectivity index (χ3v) is 4.60. The van der Waals surface area contributed by atoms with Gasteiger partial charge >= 0.3 is 0 Å². The van der Waals surface area contributed by atoms with E-state index in [4.69, 9.17) is 0 Å². The van der Waals surface area contributed by atoms with Crippen LogP contribution in [0.4, 0.5) is 0 Å². The SMILES string of the molecule is CC1C=CCCC1C(C)CC1CCCC1=O. The molecule has 2 aliphatic rings. The Morgan fingerprint density at radius 3 is 2.88 bits per heavy atom. The molecule has 0 bridgehead atoms. The first-order valence-electron chi connectivity index (χ1n) is 6.88. The Morgan fingerprint density at radius 1 is 1.44 bits per heavy atom.